The lowest BCUT2D eigenvalue weighted by molar-refractivity contribution is -0.121. The first-order chi connectivity index (χ1) is 10.2. The zero-order valence-corrected chi connectivity index (χ0v) is 14.3. The van der Waals surface area contributed by atoms with E-state index in [1.807, 2.05) is 38.1 Å². The summed E-state index contributed by atoms with van der Waals surface area (Å²) in [5.41, 5.74) is 0.920. The quantitative estimate of drug-likeness (QED) is 0.779. The van der Waals surface area contributed by atoms with E-state index in [4.69, 9.17) is 4.74 Å². The van der Waals surface area contributed by atoms with E-state index in [-0.39, 0.29) is 18.4 Å². The maximum absolute atomic E-state index is 11.9. The number of nitrogens with zero attached hydrogens (tertiary/aromatic N) is 1. The maximum atomic E-state index is 11.9. The second-order valence-electron chi connectivity index (χ2n) is 5.57. The van der Waals surface area contributed by atoms with Gasteiger partial charge in [0.05, 0.1) is 19.9 Å². The van der Waals surface area contributed by atoms with Gasteiger partial charge in [-0.25, -0.2) is 8.42 Å². The minimum atomic E-state index is -3.39. The van der Waals surface area contributed by atoms with E-state index in [1.54, 1.807) is 7.11 Å². The van der Waals surface area contributed by atoms with Gasteiger partial charge in [-0.1, -0.05) is 26.0 Å². The number of sulfonamides is 1. The molecule has 22 heavy (non-hydrogen) atoms. The van der Waals surface area contributed by atoms with E-state index < -0.39 is 10.0 Å². The second kappa shape index (κ2) is 8.14. The number of hydrogen-bond donors (Lipinski definition) is 1. The Morgan fingerprint density at radius 2 is 1.86 bits per heavy atom. The van der Waals surface area contributed by atoms with E-state index in [0.29, 0.717) is 13.1 Å². The standard InChI is InChI=1S/C15H24N2O4S/c1-12(2)10-17(22(4,19)20)11-15(18)16-9-13-5-7-14(21-3)8-6-13/h5-8,12H,9-11H2,1-4H3,(H,16,18). The highest BCUT2D eigenvalue weighted by molar-refractivity contribution is 7.88. The molecule has 0 saturated heterocycles. The molecule has 0 heterocycles. The van der Waals surface area contributed by atoms with Crippen molar-refractivity contribution in [3.63, 3.8) is 0 Å². The van der Waals surface area contributed by atoms with Crippen molar-refractivity contribution in [3.8, 4) is 5.75 Å². The molecule has 1 aromatic rings. The molecule has 1 aromatic carbocycles. The van der Waals surface area contributed by atoms with Crippen molar-refractivity contribution >= 4 is 15.9 Å². The SMILES string of the molecule is COc1ccc(CNC(=O)CN(CC(C)C)S(C)(=O)=O)cc1. The molecule has 7 heteroatoms. The molecule has 0 radical (unpaired) electrons. The van der Waals surface area contributed by atoms with Crippen LogP contribution in [0.2, 0.25) is 0 Å². The first-order valence-electron chi connectivity index (χ1n) is 7.07. The monoisotopic (exact) mass is 328 g/mol. The summed E-state index contributed by atoms with van der Waals surface area (Å²) in [5, 5.41) is 2.73. The zero-order chi connectivity index (χ0) is 16.8. The van der Waals surface area contributed by atoms with Crippen LogP contribution < -0.4 is 10.1 Å². The first kappa shape index (κ1) is 18.4. The summed E-state index contributed by atoms with van der Waals surface area (Å²) in [6.07, 6.45) is 1.12. The Morgan fingerprint density at radius 1 is 1.27 bits per heavy atom. The highest BCUT2D eigenvalue weighted by Gasteiger charge is 2.20. The number of amides is 1. The Balaban J connectivity index is 2.56. The van der Waals surface area contributed by atoms with E-state index in [1.165, 1.54) is 4.31 Å². The molecule has 0 aliphatic heterocycles. The minimum Gasteiger partial charge on any atom is -0.497 e. The molecule has 1 rings (SSSR count). The van der Waals surface area contributed by atoms with Crippen LogP contribution in [0.25, 0.3) is 0 Å². The number of rotatable bonds is 8. The van der Waals surface area contributed by atoms with Crippen LogP contribution in [0.15, 0.2) is 24.3 Å². The van der Waals surface area contributed by atoms with Gasteiger partial charge in [0.1, 0.15) is 5.75 Å². The highest BCUT2D eigenvalue weighted by Crippen LogP contribution is 2.11. The summed E-state index contributed by atoms with van der Waals surface area (Å²) in [6.45, 7) is 4.34. The van der Waals surface area contributed by atoms with Crippen molar-refractivity contribution in [2.24, 2.45) is 5.92 Å². The van der Waals surface area contributed by atoms with Crippen LogP contribution in [0.4, 0.5) is 0 Å². The van der Waals surface area contributed by atoms with Gasteiger partial charge in [-0.3, -0.25) is 4.79 Å². The number of carbonyl (C=O) groups excluding carboxylic acids is 1. The topological polar surface area (TPSA) is 75.7 Å². The molecule has 0 spiro atoms. The van der Waals surface area contributed by atoms with E-state index in [0.717, 1.165) is 17.6 Å². The van der Waals surface area contributed by atoms with E-state index in [2.05, 4.69) is 5.32 Å². The van der Waals surface area contributed by atoms with Crippen LogP contribution in [-0.2, 0) is 21.4 Å². The Kier molecular flexibility index (Phi) is 6.83. The van der Waals surface area contributed by atoms with Gasteiger partial charge in [0.25, 0.3) is 0 Å². The fraction of sp³-hybridized carbons (Fsp3) is 0.533. The largest absolute Gasteiger partial charge is 0.497 e. The van der Waals surface area contributed by atoms with Crippen LogP contribution in [-0.4, -0.2) is 45.1 Å². The summed E-state index contributed by atoms with van der Waals surface area (Å²) >= 11 is 0. The van der Waals surface area contributed by atoms with Crippen LogP contribution in [0, 0.1) is 5.92 Å². The molecular weight excluding hydrogens is 304 g/mol. The summed E-state index contributed by atoms with van der Waals surface area (Å²) in [7, 11) is -1.80. The van der Waals surface area contributed by atoms with Gasteiger partial charge < -0.3 is 10.1 Å². The Morgan fingerprint density at radius 3 is 2.32 bits per heavy atom. The third kappa shape index (κ3) is 6.44. The predicted octanol–water partition coefficient (Wildman–Crippen LogP) is 1.23. The van der Waals surface area contributed by atoms with Gasteiger partial charge >= 0.3 is 0 Å². The molecular formula is C15H24N2O4S. The third-order valence-electron chi connectivity index (χ3n) is 3.01. The number of hydrogen-bond acceptors (Lipinski definition) is 4. The molecule has 124 valence electrons. The second-order valence-corrected chi connectivity index (χ2v) is 7.56. The smallest absolute Gasteiger partial charge is 0.235 e. The van der Waals surface area contributed by atoms with Gasteiger partial charge in [-0.2, -0.15) is 4.31 Å². The van der Waals surface area contributed by atoms with Crippen LogP contribution in [0.1, 0.15) is 19.4 Å². The molecule has 0 aliphatic rings. The van der Waals surface area contributed by atoms with Crippen molar-refractivity contribution < 1.29 is 17.9 Å². The molecule has 0 bridgehead atoms. The van der Waals surface area contributed by atoms with Crippen LogP contribution in [0.3, 0.4) is 0 Å². The minimum absolute atomic E-state index is 0.157. The van der Waals surface area contributed by atoms with Gasteiger partial charge in [-0.15, -0.1) is 0 Å². The van der Waals surface area contributed by atoms with Crippen molar-refractivity contribution in [2.75, 3.05) is 26.5 Å². The lowest BCUT2D eigenvalue weighted by atomic mass is 10.2. The number of carbonyl (C=O) groups is 1. The molecule has 0 aromatic heterocycles. The first-order valence-corrected chi connectivity index (χ1v) is 8.92. The fourth-order valence-electron chi connectivity index (χ4n) is 1.88. The molecule has 0 saturated carbocycles. The molecule has 1 amide bonds. The van der Waals surface area contributed by atoms with Crippen molar-refractivity contribution in [3.05, 3.63) is 29.8 Å². The van der Waals surface area contributed by atoms with E-state index in [9.17, 15) is 13.2 Å². The van der Waals surface area contributed by atoms with Crippen LogP contribution >= 0.6 is 0 Å². The number of ether oxygens (including phenoxy) is 1. The Hall–Kier alpha value is -1.60. The Bertz CT molecular complexity index is 582. The highest BCUT2D eigenvalue weighted by atomic mass is 32.2. The predicted molar refractivity (Wildman–Crippen MR) is 86.1 cm³/mol. The lowest BCUT2D eigenvalue weighted by Crippen LogP contribution is -2.41. The molecule has 6 nitrogen and oxygen atoms in total. The Labute approximate surface area is 132 Å². The summed E-state index contributed by atoms with van der Waals surface area (Å²) in [6, 6.07) is 7.31. The summed E-state index contributed by atoms with van der Waals surface area (Å²) < 4.78 is 29.6. The molecule has 0 unspecified atom stereocenters. The molecule has 1 N–H and O–H groups in total. The van der Waals surface area contributed by atoms with Gasteiger partial charge in [0.15, 0.2) is 0 Å². The van der Waals surface area contributed by atoms with Crippen molar-refractivity contribution in [1.82, 2.24) is 9.62 Å². The molecule has 0 atom stereocenters. The van der Waals surface area contributed by atoms with Crippen molar-refractivity contribution in [1.29, 1.82) is 0 Å². The van der Waals surface area contributed by atoms with Crippen LogP contribution in [0.5, 0.6) is 5.75 Å². The van der Waals surface area contributed by atoms with Gasteiger partial charge in [0.2, 0.25) is 15.9 Å². The van der Waals surface area contributed by atoms with Crippen molar-refractivity contribution in [2.45, 2.75) is 20.4 Å². The van der Waals surface area contributed by atoms with Gasteiger partial charge in [0, 0.05) is 13.1 Å². The fourth-order valence-corrected chi connectivity index (χ4v) is 2.81. The summed E-state index contributed by atoms with van der Waals surface area (Å²) in [4.78, 5) is 11.9. The normalized spacial score (nSPS) is 11.7. The van der Waals surface area contributed by atoms with Gasteiger partial charge in [-0.05, 0) is 23.6 Å². The molecule has 0 fully saturated rings. The average Bonchev–Trinajstić information content (AvgIpc) is 2.43. The summed E-state index contributed by atoms with van der Waals surface area (Å²) in [5.74, 6) is 0.585. The zero-order valence-electron chi connectivity index (χ0n) is 13.5. The number of benzene rings is 1. The molecule has 0 aliphatic carbocycles. The average molecular weight is 328 g/mol. The maximum Gasteiger partial charge on any atom is 0.235 e. The third-order valence-corrected chi connectivity index (χ3v) is 4.22. The number of nitrogens with one attached hydrogen (secondary N) is 1. The number of methoxy groups -OCH3 is 1. The van der Waals surface area contributed by atoms with E-state index >= 15 is 0 Å². The lowest BCUT2D eigenvalue weighted by Gasteiger charge is -2.21.